The standard InChI is InChI=1S/C20H24N4O4/c1-14-13-19(28-21-14)18-7-4-10-23(18)20(25)15-8-11-22(12-9-15)16-5-2-3-6-17(16)24(26)27/h2-3,5-6,13,15,18H,4,7-12H2,1H3/t18-/m1/s1. The SMILES string of the molecule is Cc1cc([C@H]2CCCN2C(=O)C2CCN(c3ccccc3[N+](=O)[O-])CC2)on1. The van der Waals surface area contributed by atoms with Crippen LogP contribution >= 0.6 is 0 Å². The summed E-state index contributed by atoms with van der Waals surface area (Å²) in [6, 6.07) is 8.68. The number of piperidine rings is 1. The molecule has 2 aliphatic rings. The van der Waals surface area contributed by atoms with Gasteiger partial charge in [-0.1, -0.05) is 17.3 Å². The molecule has 0 bridgehead atoms. The van der Waals surface area contributed by atoms with Crippen molar-refractivity contribution >= 4 is 17.3 Å². The highest BCUT2D eigenvalue weighted by Crippen LogP contribution is 2.36. The number of nitro benzene ring substituents is 1. The van der Waals surface area contributed by atoms with Gasteiger partial charge in [0.2, 0.25) is 5.91 Å². The van der Waals surface area contributed by atoms with Crippen molar-refractivity contribution in [3.05, 3.63) is 51.9 Å². The predicted molar refractivity (Wildman–Crippen MR) is 103 cm³/mol. The summed E-state index contributed by atoms with van der Waals surface area (Å²) in [7, 11) is 0. The number of nitrogens with zero attached hydrogens (tertiary/aromatic N) is 4. The maximum Gasteiger partial charge on any atom is 0.292 e. The first-order valence-corrected chi connectivity index (χ1v) is 9.76. The van der Waals surface area contributed by atoms with E-state index in [-0.39, 0.29) is 28.5 Å². The van der Waals surface area contributed by atoms with E-state index in [2.05, 4.69) is 5.16 Å². The van der Waals surface area contributed by atoms with E-state index in [1.54, 1.807) is 12.1 Å². The maximum absolute atomic E-state index is 13.1. The van der Waals surface area contributed by atoms with Crippen molar-refractivity contribution < 1.29 is 14.2 Å². The minimum atomic E-state index is -0.346. The normalized spacial score (nSPS) is 20.5. The van der Waals surface area contributed by atoms with Crippen molar-refractivity contribution in [2.24, 2.45) is 5.92 Å². The molecule has 1 aromatic carbocycles. The van der Waals surface area contributed by atoms with Crippen LogP contribution in [0.3, 0.4) is 0 Å². The molecule has 0 unspecified atom stereocenters. The molecule has 1 aromatic heterocycles. The van der Waals surface area contributed by atoms with Crippen LogP contribution < -0.4 is 4.90 Å². The van der Waals surface area contributed by atoms with Gasteiger partial charge in [0.25, 0.3) is 5.69 Å². The van der Waals surface area contributed by atoms with Gasteiger partial charge in [0.05, 0.1) is 16.7 Å². The molecule has 148 valence electrons. The smallest absolute Gasteiger partial charge is 0.292 e. The fourth-order valence-electron chi connectivity index (χ4n) is 4.35. The fraction of sp³-hybridized carbons (Fsp3) is 0.500. The van der Waals surface area contributed by atoms with E-state index in [1.807, 2.05) is 28.9 Å². The number of rotatable bonds is 4. The lowest BCUT2D eigenvalue weighted by Crippen LogP contribution is -2.42. The second-order valence-corrected chi connectivity index (χ2v) is 7.57. The van der Waals surface area contributed by atoms with E-state index >= 15 is 0 Å². The van der Waals surface area contributed by atoms with Gasteiger partial charge < -0.3 is 14.3 Å². The van der Waals surface area contributed by atoms with E-state index in [0.717, 1.165) is 30.8 Å². The van der Waals surface area contributed by atoms with E-state index in [9.17, 15) is 14.9 Å². The Labute approximate surface area is 163 Å². The number of carbonyl (C=O) groups excluding carboxylic acids is 1. The van der Waals surface area contributed by atoms with Crippen molar-refractivity contribution in [3.8, 4) is 0 Å². The lowest BCUT2D eigenvalue weighted by Gasteiger charge is -2.35. The average Bonchev–Trinajstić information content (AvgIpc) is 3.36. The van der Waals surface area contributed by atoms with Crippen LogP contribution in [0.4, 0.5) is 11.4 Å². The third kappa shape index (κ3) is 3.46. The summed E-state index contributed by atoms with van der Waals surface area (Å²) in [5.41, 5.74) is 1.58. The first kappa shape index (κ1) is 18.5. The number of nitro groups is 1. The lowest BCUT2D eigenvalue weighted by atomic mass is 9.94. The van der Waals surface area contributed by atoms with Crippen molar-refractivity contribution in [3.63, 3.8) is 0 Å². The number of benzene rings is 1. The molecule has 2 saturated heterocycles. The highest BCUT2D eigenvalue weighted by Gasteiger charge is 2.37. The molecule has 4 rings (SSSR count). The molecule has 3 heterocycles. The maximum atomic E-state index is 13.1. The minimum Gasteiger partial charge on any atom is -0.366 e. The number of anilines is 1. The molecule has 0 radical (unpaired) electrons. The Hall–Kier alpha value is -2.90. The van der Waals surface area contributed by atoms with Gasteiger partial charge in [-0.3, -0.25) is 14.9 Å². The number of para-hydroxylation sites is 2. The van der Waals surface area contributed by atoms with Crippen molar-refractivity contribution in [1.82, 2.24) is 10.1 Å². The molecule has 0 spiro atoms. The number of amides is 1. The van der Waals surface area contributed by atoms with E-state index in [0.29, 0.717) is 31.6 Å². The molecule has 28 heavy (non-hydrogen) atoms. The van der Waals surface area contributed by atoms with Gasteiger partial charge >= 0.3 is 0 Å². The molecule has 1 amide bonds. The van der Waals surface area contributed by atoms with E-state index in [4.69, 9.17) is 4.52 Å². The topological polar surface area (TPSA) is 92.7 Å². The monoisotopic (exact) mass is 384 g/mol. The van der Waals surface area contributed by atoms with Gasteiger partial charge in [-0.15, -0.1) is 0 Å². The number of aryl methyl sites for hydroxylation is 1. The molecule has 2 aliphatic heterocycles. The van der Waals surface area contributed by atoms with Crippen molar-refractivity contribution in [2.45, 2.75) is 38.6 Å². The Bertz CT molecular complexity index is 873. The third-order valence-electron chi connectivity index (χ3n) is 5.77. The highest BCUT2D eigenvalue weighted by molar-refractivity contribution is 5.80. The average molecular weight is 384 g/mol. The van der Waals surface area contributed by atoms with Crippen LogP contribution in [0.5, 0.6) is 0 Å². The van der Waals surface area contributed by atoms with Gasteiger partial charge in [-0.2, -0.15) is 0 Å². The van der Waals surface area contributed by atoms with Gasteiger partial charge in [-0.05, 0) is 38.7 Å². The van der Waals surface area contributed by atoms with Crippen LogP contribution in [0.25, 0.3) is 0 Å². The van der Waals surface area contributed by atoms with Crippen LogP contribution in [-0.2, 0) is 4.79 Å². The Kier molecular flexibility index (Phi) is 5.02. The molecular formula is C20H24N4O4. The molecule has 8 heteroatoms. The molecule has 1 atom stereocenters. The van der Waals surface area contributed by atoms with Crippen LogP contribution in [0.1, 0.15) is 43.2 Å². The van der Waals surface area contributed by atoms with Gasteiger partial charge in [-0.25, -0.2) is 0 Å². The largest absolute Gasteiger partial charge is 0.366 e. The van der Waals surface area contributed by atoms with Crippen LogP contribution in [0, 0.1) is 23.0 Å². The Balaban J connectivity index is 1.42. The first-order chi connectivity index (χ1) is 13.5. The zero-order valence-electron chi connectivity index (χ0n) is 15.9. The zero-order chi connectivity index (χ0) is 19.7. The Morgan fingerprint density at radius 2 is 1.96 bits per heavy atom. The predicted octanol–water partition coefficient (Wildman–Crippen LogP) is 3.47. The van der Waals surface area contributed by atoms with Crippen LogP contribution in [0.2, 0.25) is 0 Å². The summed E-state index contributed by atoms with van der Waals surface area (Å²) in [5.74, 6) is 0.878. The molecular weight excluding hydrogens is 360 g/mol. The third-order valence-corrected chi connectivity index (χ3v) is 5.77. The number of aromatic nitrogens is 1. The molecule has 0 saturated carbocycles. The summed E-state index contributed by atoms with van der Waals surface area (Å²) in [4.78, 5) is 28.0. The second-order valence-electron chi connectivity index (χ2n) is 7.57. The quantitative estimate of drug-likeness (QED) is 0.592. The van der Waals surface area contributed by atoms with Crippen molar-refractivity contribution in [1.29, 1.82) is 0 Å². The first-order valence-electron chi connectivity index (χ1n) is 9.76. The molecule has 8 nitrogen and oxygen atoms in total. The zero-order valence-corrected chi connectivity index (χ0v) is 15.9. The second kappa shape index (κ2) is 7.61. The van der Waals surface area contributed by atoms with Gasteiger partial charge in [0, 0.05) is 37.7 Å². The van der Waals surface area contributed by atoms with Gasteiger partial charge in [0.1, 0.15) is 5.69 Å². The number of likely N-dealkylation sites (tertiary alicyclic amines) is 1. The summed E-state index contributed by atoms with van der Waals surface area (Å²) in [6.07, 6.45) is 3.26. The fourth-order valence-corrected chi connectivity index (χ4v) is 4.35. The van der Waals surface area contributed by atoms with E-state index < -0.39 is 0 Å². The molecule has 0 aliphatic carbocycles. The lowest BCUT2D eigenvalue weighted by molar-refractivity contribution is -0.384. The van der Waals surface area contributed by atoms with Crippen molar-refractivity contribution in [2.75, 3.05) is 24.5 Å². The Morgan fingerprint density at radius 1 is 1.21 bits per heavy atom. The minimum absolute atomic E-state index is 0.0260. The molecule has 2 fully saturated rings. The summed E-state index contributed by atoms with van der Waals surface area (Å²) in [5, 5.41) is 15.2. The number of hydrogen-bond donors (Lipinski definition) is 0. The van der Waals surface area contributed by atoms with Crippen LogP contribution in [-0.4, -0.2) is 40.5 Å². The number of hydrogen-bond acceptors (Lipinski definition) is 6. The van der Waals surface area contributed by atoms with Crippen LogP contribution in [0.15, 0.2) is 34.9 Å². The highest BCUT2D eigenvalue weighted by atomic mass is 16.6. The molecule has 0 N–H and O–H groups in total. The van der Waals surface area contributed by atoms with Gasteiger partial charge in [0.15, 0.2) is 5.76 Å². The summed E-state index contributed by atoms with van der Waals surface area (Å²) < 4.78 is 5.41. The Morgan fingerprint density at radius 3 is 2.64 bits per heavy atom. The number of carbonyl (C=O) groups is 1. The summed E-state index contributed by atoms with van der Waals surface area (Å²) in [6.45, 7) is 3.91. The summed E-state index contributed by atoms with van der Waals surface area (Å²) >= 11 is 0. The molecule has 2 aromatic rings. The van der Waals surface area contributed by atoms with E-state index in [1.165, 1.54) is 6.07 Å².